The summed E-state index contributed by atoms with van der Waals surface area (Å²) in [5, 5.41) is 11.3. The number of carbonyl (C=O) groups is 1. The molecule has 1 fully saturated rings. The molecule has 1 aliphatic rings. The smallest absolute Gasteiger partial charge is 0.309 e. The fraction of sp³-hybridized carbons (Fsp3) is 0.833. The minimum Gasteiger partial charge on any atom is -0.457 e. The molecule has 1 aromatic heterocycles. The van der Waals surface area contributed by atoms with Gasteiger partial charge in [-0.05, 0) is 29.7 Å². The number of nitrogens with zero attached hydrogens (tertiary/aromatic N) is 4. The number of hydrogen-bond acceptors (Lipinski definition) is 5. The van der Waals surface area contributed by atoms with Crippen LogP contribution in [0.15, 0.2) is 0 Å². The van der Waals surface area contributed by atoms with Gasteiger partial charge >= 0.3 is 5.97 Å². The summed E-state index contributed by atoms with van der Waals surface area (Å²) in [5.74, 6) is 0.607. The van der Waals surface area contributed by atoms with Gasteiger partial charge in [-0.25, -0.2) is 4.68 Å². The van der Waals surface area contributed by atoms with Gasteiger partial charge in [0.05, 0.1) is 5.92 Å². The second kappa shape index (κ2) is 6.47. The molecule has 0 atom stereocenters. The Labute approximate surface area is 107 Å². The lowest BCUT2D eigenvalue weighted by atomic mass is 9.89. The molecule has 100 valence electrons. The molecule has 18 heavy (non-hydrogen) atoms. The van der Waals surface area contributed by atoms with E-state index in [0.29, 0.717) is 5.82 Å². The lowest BCUT2D eigenvalue weighted by Gasteiger charge is -2.19. The van der Waals surface area contributed by atoms with Crippen LogP contribution in [0.25, 0.3) is 0 Å². The molecule has 6 heteroatoms. The zero-order valence-corrected chi connectivity index (χ0v) is 10.8. The van der Waals surface area contributed by atoms with Crippen molar-refractivity contribution in [2.45, 2.75) is 58.6 Å². The molecule has 0 saturated heterocycles. The van der Waals surface area contributed by atoms with Crippen molar-refractivity contribution in [2.24, 2.45) is 5.92 Å². The summed E-state index contributed by atoms with van der Waals surface area (Å²) < 4.78 is 7.00. The van der Waals surface area contributed by atoms with E-state index in [1.807, 2.05) is 0 Å². The molecule has 0 unspecified atom stereocenters. The molecule has 0 spiro atoms. The molecular weight excluding hydrogens is 232 g/mol. The standard InChI is InChI=1S/C12H20N4O2/c1-2-8-16-11(13-14-15-16)9-18-12(17)10-6-4-3-5-7-10/h10H,2-9H2,1H3. The Hall–Kier alpha value is -1.46. The van der Waals surface area contributed by atoms with E-state index in [9.17, 15) is 4.79 Å². The summed E-state index contributed by atoms with van der Waals surface area (Å²) in [6.07, 6.45) is 6.37. The molecule has 0 N–H and O–H groups in total. The van der Waals surface area contributed by atoms with Crippen LogP contribution in [0.2, 0.25) is 0 Å². The lowest BCUT2D eigenvalue weighted by molar-refractivity contribution is -0.151. The van der Waals surface area contributed by atoms with E-state index >= 15 is 0 Å². The molecule has 1 aromatic rings. The van der Waals surface area contributed by atoms with E-state index < -0.39 is 0 Å². The molecule has 6 nitrogen and oxygen atoms in total. The van der Waals surface area contributed by atoms with E-state index in [1.165, 1.54) is 6.42 Å². The van der Waals surface area contributed by atoms with Crippen molar-refractivity contribution in [3.8, 4) is 0 Å². The van der Waals surface area contributed by atoms with Crippen molar-refractivity contribution >= 4 is 5.97 Å². The van der Waals surface area contributed by atoms with Crippen LogP contribution in [0.3, 0.4) is 0 Å². The molecule has 0 bridgehead atoms. The van der Waals surface area contributed by atoms with Crippen molar-refractivity contribution in [3.05, 3.63) is 5.82 Å². The first-order valence-corrected chi connectivity index (χ1v) is 6.73. The van der Waals surface area contributed by atoms with Crippen LogP contribution in [0.1, 0.15) is 51.3 Å². The van der Waals surface area contributed by atoms with Crippen LogP contribution in [0.5, 0.6) is 0 Å². The largest absolute Gasteiger partial charge is 0.457 e. The van der Waals surface area contributed by atoms with Crippen molar-refractivity contribution in [2.75, 3.05) is 0 Å². The van der Waals surface area contributed by atoms with E-state index in [1.54, 1.807) is 4.68 Å². The number of ether oxygens (including phenoxy) is 1. The summed E-state index contributed by atoms with van der Waals surface area (Å²) in [4.78, 5) is 11.9. The van der Waals surface area contributed by atoms with Crippen LogP contribution in [-0.4, -0.2) is 26.2 Å². The number of aryl methyl sites for hydroxylation is 1. The molecule has 1 aliphatic carbocycles. The van der Waals surface area contributed by atoms with Crippen molar-refractivity contribution in [1.29, 1.82) is 0 Å². The van der Waals surface area contributed by atoms with E-state index in [4.69, 9.17) is 4.74 Å². The molecule has 0 radical (unpaired) electrons. The van der Waals surface area contributed by atoms with Gasteiger partial charge in [0.2, 0.25) is 0 Å². The van der Waals surface area contributed by atoms with Gasteiger partial charge in [0.25, 0.3) is 0 Å². The Bertz CT molecular complexity index is 385. The molecule has 0 amide bonds. The fourth-order valence-corrected chi connectivity index (χ4v) is 2.30. The van der Waals surface area contributed by atoms with Gasteiger partial charge in [-0.1, -0.05) is 26.2 Å². The number of hydrogen-bond donors (Lipinski definition) is 0. The van der Waals surface area contributed by atoms with E-state index in [2.05, 4.69) is 22.4 Å². The zero-order chi connectivity index (χ0) is 12.8. The van der Waals surface area contributed by atoms with Crippen LogP contribution in [0.4, 0.5) is 0 Å². The first kappa shape index (κ1) is 13.0. The summed E-state index contributed by atoms with van der Waals surface area (Å²) in [6.45, 7) is 2.99. The molecule has 2 rings (SSSR count). The van der Waals surface area contributed by atoms with Crippen molar-refractivity contribution in [1.82, 2.24) is 20.2 Å². The maximum absolute atomic E-state index is 11.9. The van der Waals surface area contributed by atoms with Crippen molar-refractivity contribution in [3.63, 3.8) is 0 Å². The van der Waals surface area contributed by atoms with Crippen LogP contribution in [0, 0.1) is 5.92 Å². The monoisotopic (exact) mass is 252 g/mol. The zero-order valence-electron chi connectivity index (χ0n) is 10.8. The maximum Gasteiger partial charge on any atom is 0.309 e. The Balaban J connectivity index is 1.82. The summed E-state index contributed by atoms with van der Waals surface area (Å²) in [5.41, 5.74) is 0. The lowest BCUT2D eigenvalue weighted by Crippen LogP contribution is -2.21. The van der Waals surface area contributed by atoms with Gasteiger partial charge < -0.3 is 4.74 Å². The molecule has 1 saturated carbocycles. The Morgan fingerprint density at radius 1 is 1.39 bits per heavy atom. The molecular formula is C12H20N4O2. The van der Waals surface area contributed by atoms with Gasteiger partial charge in [-0.3, -0.25) is 4.79 Å². The van der Waals surface area contributed by atoms with Gasteiger partial charge in [-0.15, -0.1) is 5.10 Å². The first-order valence-electron chi connectivity index (χ1n) is 6.73. The second-order valence-corrected chi connectivity index (χ2v) is 4.76. The maximum atomic E-state index is 11.9. The second-order valence-electron chi connectivity index (χ2n) is 4.76. The van der Waals surface area contributed by atoms with Crippen LogP contribution >= 0.6 is 0 Å². The predicted octanol–water partition coefficient (Wildman–Crippen LogP) is 1.71. The van der Waals surface area contributed by atoms with Gasteiger partial charge in [-0.2, -0.15) is 0 Å². The predicted molar refractivity (Wildman–Crippen MR) is 64.5 cm³/mol. The fourth-order valence-electron chi connectivity index (χ4n) is 2.30. The number of rotatable bonds is 5. The summed E-state index contributed by atoms with van der Waals surface area (Å²) in [7, 11) is 0. The van der Waals surface area contributed by atoms with Crippen LogP contribution < -0.4 is 0 Å². The highest BCUT2D eigenvalue weighted by atomic mass is 16.5. The third-order valence-electron chi connectivity index (χ3n) is 3.32. The van der Waals surface area contributed by atoms with Gasteiger partial charge in [0.1, 0.15) is 0 Å². The Morgan fingerprint density at radius 3 is 2.89 bits per heavy atom. The average Bonchev–Trinajstić information content (AvgIpc) is 2.85. The normalized spacial score (nSPS) is 16.7. The third kappa shape index (κ3) is 3.27. The van der Waals surface area contributed by atoms with Crippen LogP contribution in [-0.2, 0) is 22.7 Å². The number of esters is 1. The number of tetrazole rings is 1. The molecule has 0 aromatic carbocycles. The number of carbonyl (C=O) groups excluding carboxylic acids is 1. The highest BCUT2D eigenvalue weighted by Gasteiger charge is 2.23. The Kier molecular flexibility index (Phi) is 4.66. The van der Waals surface area contributed by atoms with E-state index in [0.717, 1.165) is 38.6 Å². The topological polar surface area (TPSA) is 69.9 Å². The van der Waals surface area contributed by atoms with E-state index in [-0.39, 0.29) is 18.5 Å². The average molecular weight is 252 g/mol. The van der Waals surface area contributed by atoms with Gasteiger partial charge in [0, 0.05) is 6.54 Å². The minimum absolute atomic E-state index is 0.0780. The SMILES string of the molecule is CCCn1nnnc1COC(=O)C1CCCCC1. The third-order valence-corrected chi connectivity index (χ3v) is 3.32. The molecule has 1 heterocycles. The summed E-state index contributed by atoms with van der Waals surface area (Å²) in [6, 6.07) is 0. The summed E-state index contributed by atoms with van der Waals surface area (Å²) >= 11 is 0. The molecule has 0 aliphatic heterocycles. The van der Waals surface area contributed by atoms with Crippen molar-refractivity contribution < 1.29 is 9.53 Å². The first-order chi connectivity index (χ1) is 8.81. The highest BCUT2D eigenvalue weighted by Crippen LogP contribution is 2.24. The Morgan fingerprint density at radius 2 is 2.17 bits per heavy atom. The quantitative estimate of drug-likeness (QED) is 0.746. The highest BCUT2D eigenvalue weighted by molar-refractivity contribution is 5.72. The minimum atomic E-state index is -0.0965. The van der Waals surface area contributed by atoms with Gasteiger partial charge in [0.15, 0.2) is 12.4 Å². The number of aromatic nitrogens is 4.